The van der Waals surface area contributed by atoms with Gasteiger partial charge in [0, 0.05) is 12.5 Å². The quantitative estimate of drug-likeness (QED) is 0.926. The minimum Gasteiger partial charge on any atom is -0.324 e. The van der Waals surface area contributed by atoms with Crippen molar-refractivity contribution in [1.29, 1.82) is 0 Å². The first-order valence-corrected chi connectivity index (χ1v) is 6.88. The number of carbonyl (C=O) groups is 1. The van der Waals surface area contributed by atoms with Crippen molar-refractivity contribution in [3.05, 3.63) is 28.2 Å². The van der Waals surface area contributed by atoms with Crippen molar-refractivity contribution in [2.45, 2.75) is 6.42 Å². The summed E-state index contributed by atoms with van der Waals surface area (Å²) in [6.07, 6.45) is 0.807. The Labute approximate surface area is 121 Å². The number of amides is 1. The molecular weight excluding hydrogens is 290 g/mol. The van der Waals surface area contributed by atoms with Gasteiger partial charge in [-0.2, -0.15) is 0 Å². The number of anilines is 1. The van der Waals surface area contributed by atoms with Gasteiger partial charge in [0.2, 0.25) is 5.91 Å². The number of nitrogens with zero attached hydrogens (tertiary/aromatic N) is 1. The molecule has 1 aliphatic rings. The predicted molar refractivity (Wildman–Crippen MR) is 75.6 cm³/mol. The molecule has 0 aliphatic carbocycles. The molecule has 1 atom stereocenters. The Morgan fingerprint density at radius 3 is 2.95 bits per heavy atom. The summed E-state index contributed by atoms with van der Waals surface area (Å²) in [5.41, 5.74) is 0.500. The lowest BCUT2D eigenvalue weighted by molar-refractivity contribution is -0.117. The minimum atomic E-state index is -0.321. The molecule has 19 heavy (non-hydrogen) atoms. The molecule has 0 radical (unpaired) electrons. The highest BCUT2D eigenvalue weighted by molar-refractivity contribution is 6.43. The summed E-state index contributed by atoms with van der Waals surface area (Å²) in [6, 6.07) is 5.07. The van der Waals surface area contributed by atoms with E-state index in [0.29, 0.717) is 22.3 Å². The first-order valence-electron chi connectivity index (χ1n) is 6.12. The van der Waals surface area contributed by atoms with Gasteiger partial charge in [0.1, 0.15) is 0 Å². The third-order valence-electron chi connectivity index (χ3n) is 3.18. The van der Waals surface area contributed by atoms with Crippen LogP contribution in [-0.4, -0.2) is 37.1 Å². The van der Waals surface area contributed by atoms with Gasteiger partial charge < -0.3 is 5.32 Å². The summed E-state index contributed by atoms with van der Waals surface area (Å²) in [5, 5.41) is 3.45. The van der Waals surface area contributed by atoms with Crippen molar-refractivity contribution < 1.29 is 9.18 Å². The second kappa shape index (κ2) is 6.55. The number of carbonyl (C=O) groups excluding carboxylic acids is 1. The normalized spacial score (nSPS) is 19.6. The van der Waals surface area contributed by atoms with Gasteiger partial charge in [-0.25, -0.2) is 0 Å². The van der Waals surface area contributed by atoms with Crippen LogP contribution in [0.1, 0.15) is 6.42 Å². The maximum atomic E-state index is 12.5. The Balaban J connectivity index is 1.89. The Morgan fingerprint density at radius 1 is 1.47 bits per heavy atom. The first kappa shape index (κ1) is 14.6. The van der Waals surface area contributed by atoms with Gasteiger partial charge in [0.05, 0.1) is 29.0 Å². The summed E-state index contributed by atoms with van der Waals surface area (Å²) in [6.45, 7) is 1.32. The van der Waals surface area contributed by atoms with E-state index in [9.17, 15) is 9.18 Å². The molecule has 0 saturated carbocycles. The van der Waals surface area contributed by atoms with Gasteiger partial charge in [0.15, 0.2) is 0 Å². The van der Waals surface area contributed by atoms with Crippen molar-refractivity contribution in [2.24, 2.45) is 5.92 Å². The monoisotopic (exact) mass is 304 g/mol. The van der Waals surface area contributed by atoms with Crippen LogP contribution in [0.3, 0.4) is 0 Å². The summed E-state index contributed by atoms with van der Waals surface area (Å²) in [4.78, 5) is 13.8. The molecule has 1 fully saturated rings. The maximum Gasteiger partial charge on any atom is 0.238 e. The molecule has 1 aromatic carbocycles. The molecule has 0 bridgehead atoms. The molecule has 104 valence electrons. The second-order valence-electron chi connectivity index (χ2n) is 4.69. The van der Waals surface area contributed by atoms with E-state index in [1.165, 1.54) is 0 Å². The van der Waals surface area contributed by atoms with Crippen molar-refractivity contribution in [1.82, 2.24) is 4.90 Å². The lowest BCUT2D eigenvalue weighted by Gasteiger charge is -2.15. The Morgan fingerprint density at radius 2 is 2.26 bits per heavy atom. The highest BCUT2D eigenvalue weighted by Crippen LogP contribution is 2.29. The topological polar surface area (TPSA) is 32.3 Å². The molecule has 1 unspecified atom stereocenters. The minimum absolute atomic E-state index is 0.0579. The van der Waals surface area contributed by atoms with Gasteiger partial charge in [-0.1, -0.05) is 29.3 Å². The van der Waals surface area contributed by atoms with Crippen LogP contribution in [0.4, 0.5) is 10.1 Å². The summed E-state index contributed by atoms with van der Waals surface area (Å²) >= 11 is 11.9. The zero-order valence-electron chi connectivity index (χ0n) is 10.3. The summed E-state index contributed by atoms with van der Waals surface area (Å²) in [5.74, 6) is -0.105. The van der Waals surface area contributed by atoms with Crippen molar-refractivity contribution in [3.8, 4) is 0 Å². The number of nitrogens with one attached hydrogen (secondary N) is 1. The fraction of sp³-hybridized carbons (Fsp3) is 0.462. The molecule has 0 spiro atoms. The molecule has 6 heteroatoms. The molecular formula is C13H15Cl2FN2O. The van der Waals surface area contributed by atoms with Gasteiger partial charge in [-0.15, -0.1) is 0 Å². The standard InChI is InChI=1S/C13H15Cl2FN2O/c14-10-2-1-3-11(13(10)15)17-12(19)8-18-5-4-9(6-16)7-18/h1-3,9H,4-8H2,(H,17,19). The van der Waals surface area contributed by atoms with E-state index in [1.807, 2.05) is 4.90 Å². The van der Waals surface area contributed by atoms with Crippen LogP contribution < -0.4 is 5.32 Å². The van der Waals surface area contributed by atoms with Crippen LogP contribution in [0.25, 0.3) is 0 Å². The molecule has 0 aromatic heterocycles. The molecule has 2 rings (SSSR count). The molecule has 1 aromatic rings. The highest BCUT2D eigenvalue weighted by atomic mass is 35.5. The Hall–Kier alpha value is -0.840. The maximum absolute atomic E-state index is 12.5. The number of likely N-dealkylation sites (tertiary alicyclic amines) is 1. The van der Waals surface area contributed by atoms with E-state index < -0.39 is 0 Å². The van der Waals surface area contributed by atoms with E-state index >= 15 is 0 Å². The van der Waals surface area contributed by atoms with E-state index in [2.05, 4.69) is 5.32 Å². The lowest BCUT2D eigenvalue weighted by atomic mass is 10.1. The Bertz CT molecular complexity index is 470. The van der Waals surface area contributed by atoms with Crippen molar-refractivity contribution >= 4 is 34.8 Å². The molecule has 1 amide bonds. The van der Waals surface area contributed by atoms with Crippen LogP contribution in [0, 0.1) is 5.92 Å². The van der Waals surface area contributed by atoms with E-state index in [4.69, 9.17) is 23.2 Å². The van der Waals surface area contributed by atoms with Crippen molar-refractivity contribution in [2.75, 3.05) is 31.6 Å². The molecule has 1 aliphatic heterocycles. The average molecular weight is 305 g/mol. The van der Waals surface area contributed by atoms with Crippen LogP contribution in [0.5, 0.6) is 0 Å². The Kier molecular flexibility index (Phi) is 5.02. The van der Waals surface area contributed by atoms with Gasteiger partial charge in [-0.05, 0) is 25.1 Å². The van der Waals surface area contributed by atoms with E-state index in [-0.39, 0.29) is 25.0 Å². The fourth-order valence-electron chi connectivity index (χ4n) is 2.18. The highest BCUT2D eigenvalue weighted by Gasteiger charge is 2.24. The number of hydrogen-bond acceptors (Lipinski definition) is 2. The predicted octanol–water partition coefficient (Wildman–Crippen LogP) is 3.22. The summed E-state index contributed by atoms with van der Waals surface area (Å²) in [7, 11) is 0. The molecule has 1 heterocycles. The van der Waals surface area contributed by atoms with Crippen LogP contribution >= 0.6 is 23.2 Å². The summed E-state index contributed by atoms with van der Waals surface area (Å²) < 4.78 is 12.5. The van der Waals surface area contributed by atoms with Gasteiger partial charge >= 0.3 is 0 Å². The van der Waals surface area contributed by atoms with Crippen molar-refractivity contribution in [3.63, 3.8) is 0 Å². The third kappa shape index (κ3) is 3.81. The van der Waals surface area contributed by atoms with Crippen LogP contribution in [0.2, 0.25) is 10.0 Å². The molecule has 1 saturated heterocycles. The zero-order valence-corrected chi connectivity index (χ0v) is 11.8. The molecule has 1 N–H and O–H groups in total. The van der Waals surface area contributed by atoms with E-state index in [0.717, 1.165) is 13.0 Å². The average Bonchev–Trinajstić information content (AvgIpc) is 2.82. The van der Waals surface area contributed by atoms with Crippen LogP contribution in [-0.2, 0) is 4.79 Å². The smallest absolute Gasteiger partial charge is 0.238 e. The number of alkyl halides is 1. The largest absolute Gasteiger partial charge is 0.324 e. The number of hydrogen-bond donors (Lipinski definition) is 1. The lowest BCUT2D eigenvalue weighted by Crippen LogP contribution is -2.31. The van der Waals surface area contributed by atoms with Crippen LogP contribution in [0.15, 0.2) is 18.2 Å². The SMILES string of the molecule is O=C(CN1CCC(CF)C1)Nc1cccc(Cl)c1Cl. The zero-order chi connectivity index (χ0) is 13.8. The van der Waals surface area contributed by atoms with Gasteiger partial charge in [-0.3, -0.25) is 14.1 Å². The van der Waals surface area contributed by atoms with Gasteiger partial charge in [0.25, 0.3) is 0 Å². The van der Waals surface area contributed by atoms with E-state index in [1.54, 1.807) is 18.2 Å². The molecule has 3 nitrogen and oxygen atoms in total. The number of halogens is 3. The third-order valence-corrected chi connectivity index (χ3v) is 4.00. The number of rotatable bonds is 4. The first-order chi connectivity index (χ1) is 9.10. The fourth-order valence-corrected chi connectivity index (χ4v) is 2.52. The number of benzene rings is 1. The second-order valence-corrected chi connectivity index (χ2v) is 5.48.